The molecule has 0 spiro atoms. The summed E-state index contributed by atoms with van der Waals surface area (Å²) in [6, 6.07) is 9.24. The van der Waals surface area contributed by atoms with Crippen LogP contribution in [-0.4, -0.2) is 33.5 Å². The summed E-state index contributed by atoms with van der Waals surface area (Å²) < 4.78 is 12.2. The van der Waals surface area contributed by atoms with Crippen molar-refractivity contribution >= 4 is 16.4 Å². The second-order valence-electron chi connectivity index (χ2n) is 8.56. The fraction of sp³-hybridized carbons (Fsp3) is 0.652. The maximum atomic E-state index is 12.2. The Morgan fingerprint density at radius 3 is 2.35 bits per heavy atom. The number of benzene rings is 1. The molecule has 2 nitrogen and oxygen atoms in total. The molecule has 144 valence electrons. The number of nitrogens with zero attached hydrogens (tertiary/aromatic N) is 1. The van der Waals surface area contributed by atoms with Gasteiger partial charge in [0.15, 0.2) is 0 Å². The van der Waals surface area contributed by atoms with E-state index in [1.54, 1.807) is 5.57 Å². The highest BCUT2D eigenvalue weighted by atomic mass is 32.2. The number of likely N-dealkylation sites (tertiary alicyclic amines) is 1. The number of rotatable bonds is 4. The van der Waals surface area contributed by atoms with Crippen molar-refractivity contribution < 1.29 is 4.21 Å². The second kappa shape index (κ2) is 8.84. The van der Waals surface area contributed by atoms with Gasteiger partial charge in [-0.05, 0) is 61.8 Å². The molecule has 2 aliphatic rings. The topological polar surface area (TPSA) is 20.3 Å². The van der Waals surface area contributed by atoms with Crippen molar-refractivity contribution in [2.45, 2.75) is 82.4 Å². The number of hydrogen-bond acceptors (Lipinski definition) is 2. The van der Waals surface area contributed by atoms with Crippen molar-refractivity contribution in [2.75, 3.05) is 13.1 Å². The minimum Gasteiger partial charge on any atom is -0.300 e. The van der Waals surface area contributed by atoms with Crippen LogP contribution in [0, 0.1) is 5.92 Å². The Kier molecular flexibility index (Phi) is 6.74. The Hall–Kier alpha value is -0.930. The van der Waals surface area contributed by atoms with Crippen molar-refractivity contribution in [2.24, 2.45) is 5.92 Å². The molecule has 3 rings (SSSR count). The third kappa shape index (κ3) is 4.67. The molecule has 2 unspecified atom stereocenters. The van der Waals surface area contributed by atoms with Gasteiger partial charge < -0.3 is 0 Å². The van der Waals surface area contributed by atoms with Crippen molar-refractivity contribution in [1.29, 1.82) is 0 Å². The van der Waals surface area contributed by atoms with E-state index in [4.69, 9.17) is 0 Å². The van der Waals surface area contributed by atoms with Gasteiger partial charge in [-0.3, -0.25) is 9.11 Å². The van der Waals surface area contributed by atoms with Crippen molar-refractivity contribution in [3.63, 3.8) is 0 Å². The van der Waals surface area contributed by atoms with E-state index < -0.39 is 10.8 Å². The van der Waals surface area contributed by atoms with E-state index in [9.17, 15) is 4.21 Å². The van der Waals surface area contributed by atoms with Crippen LogP contribution in [0.25, 0.3) is 5.57 Å². The summed E-state index contributed by atoms with van der Waals surface area (Å²) in [4.78, 5) is 3.70. The zero-order chi connectivity index (χ0) is 18.7. The van der Waals surface area contributed by atoms with Gasteiger partial charge in [0.1, 0.15) is 0 Å². The normalized spacial score (nSPS) is 26.1. The van der Waals surface area contributed by atoms with E-state index in [2.05, 4.69) is 30.9 Å². The van der Waals surface area contributed by atoms with Crippen LogP contribution in [0.3, 0.4) is 0 Å². The molecule has 1 aromatic carbocycles. The van der Waals surface area contributed by atoms with Crippen LogP contribution < -0.4 is 0 Å². The summed E-state index contributed by atoms with van der Waals surface area (Å²) in [6.45, 7) is 11.2. The number of piperidine rings is 1. The van der Waals surface area contributed by atoms with Gasteiger partial charge in [0.05, 0.1) is 10.8 Å². The van der Waals surface area contributed by atoms with Crippen LogP contribution >= 0.6 is 0 Å². The maximum Gasteiger partial charge on any atom is 0.0555 e. The molecular formula is C23H35NOS. The maximum absolute atomic E-state index is 12.2. The van der Waals surface area contributed by atoms with Crippen molar-refractivity contribution in [3.8, 4) is 0 Å². The molecule has 0 N–H and O–H groups in total. The van der Waals surface area contributed by atoms with Crippen LogP contribution in [0.15, 0.2) is 34.7 Å². The highest BCUT2D eigenvalue weighted by molar-refractivity contribution is 7.85. The standard InChI is InChI=1S/C23H35NOS/c1-17(2)26(25)23-10-8-20(9-11-23)19(4)21-12-14-24(15-13-21)22-7-5-6-18(3)16-22/h8-11,17-18,22H,5-7,12-16H2,1-4H3/t18-,22?,26?/m1/s1. The van der Waals surface area contributed by atoms with Crippen molar-refractivity contribution in [1.82, 2.24) is 4.90 Å². The zero-order valence-electron chi connectivity index (χ0n) is 17.0. The van der Waals surface area contributed by atoms with Gasteiger partial charge in [-0.15, -0.1) is 0 Å². The lowest BCUT2D eigenvalue weighted by Crippen LogP contribution is -2.42. The van der Waals surface area contributed by atoms with Crippen molar-refractivity contribution in [3.05, 3.63) is 35.4 Å². The largest absolute Gasteiger partial charge is 0.300 e. The first-order valence-electron chi connectivity index (χ1n) is 10.4. The molecule has 2 fully saturated rings. The van der Waals surface area contributed by atoms with Crippen LogP contribution in [0.4, 0.5) is 0 Å². The molecule has 1 saturated carbocycles. The molecule has 1 heterocycles. The third-order valence-electron chi connectivity index (χ3n) is 6.30. The predicted octanol–water partition coefficient (Wildman–Crippen LogP) is 5.65. The molecule has 0 aromatic heterocycles. The second-order valence-corrected chi connectivity index (χ2v) is 10.6. The van der Waals surface area contributed by atoms with E-state index in [0.717, 1.165) is 16.9 Å². The van der Waals surface area contributed by atoms with E-state index in [-0.39, 0.29) is 5.25 Å². The van der Waals surface area contributed by atoms with Crippen LogP contribution in [0.2, 0.25) is 0 Å². The lowest BCUT2D eigenvalue weighted by Gasteiger charge is -2.39. The fourth-order valence-electron chi connectivity index (χ4n) is 4.58. The Labute approximate surface area is 162 Å². The molecule has 1 aliphatic carbocycles. The average molecular weight is 374 g/mol. The van der Waals surface area contributed by atoms with Crippen LogP contribution in [-0.2, 0) is 10.8 Å². The number of allylic oxidation sites excluding steroid dienone is 1. The van der Waals surface area contributed by atoms with E-state index >= 15 is 0 Å². The summed E-state index contributed by atoms with van der Waals surface area (Å²) in [5, 5.41) is 0.173. The lowest BCUT2D eigenvalue weighted by atomic mass is 9.85. The molecule has 26 heavy (non-hydrogen) atoms. The highest BCUT2D eigenvalue weighted by Gasteiger charge is 2.27. The Morgan fingerprint density at radius 2 is 1.77 bits per heavy atom. The monoisotopic (exact) mass is 373 g/mol. The molecule has 0 amide bonds. The van der Waals surface area contributed by atoms with Gasteiger partial charge in [0, 0.05) is 29.3 Å². The zero-order valence-corrected chi connectivity index (χ0v) is 17.8. The third-order valence-corrected chi connectivity index (χ3v) is 7.90. The highest BCUT2D eigenvalue weighted by Crippen LogP contribution is 2.32. The lowest BCUT2D eigenvalue weighted by molar-refractivity contribution is 0.126. The molecule has 3 heteroatoms. The fourth-order valence-corrected chi connectivity index (χ4v) is 5.53. The summed E-state index contributed by atoms with van der Waals surface area (Å²) in [6.07, 6.45) is 8.04. The minimum absolute atomic E-state index is 0.173. The van der Waals surface area contributed by atoms with Gasteiger partial charge in [-0.25, -0.2) is 0 Å². The quantitative estimate of drug-likeness (QED) is 0.679. The van der Waals surface area contributed by atoms with Gasteiger partial charge in [-0.2, -0.15) is 0 Å². The summed E-state index contributed by atoms with van der Waals surface area (Å²) >= 11 is 0. The van der Waals surface area contributed by atoms with E-state index in [1.165, 1.54) is 62.8 Å². The predicted molar refractivity (Wildman–Crippen MR) is 113 cm³/mol. The Balaban J connectivity index is 1.63. The summed E-state index contributed by atoms with van der Waals surface area (Å²) in [5.41, 5.74) is 4.34. The van der Waals surface area contributed by atoms with Gasteiger partial charge in [0.25, 0.3) is 0 Å². The first-order chi connectivity index (χ1) is 12.5. The van der Waals surface area contributed by atoms with Gasteiger partial charge >= 0.3 is 0 Å². The SMILES string of the molecule is CC(=C1CCN(C2CCC[C@@H](C)C2)CC1)c1ccc(S(=O)C(C)C)cc1. The smallest absolute Gasteiger partial charge is 0.0555 e. The minimum atomic E-state index is -0.895. The van der Waals surface area contributed by atoms with Crippen LogP contribution in [0.5, 0.6) is 0 Å². The molecule has 1 aromatic rings. The van der Waals surface area contributed by atoms with E-state index in [0.29, 0.717) is 0 Å². The molecule has 3 atom stereocenters. The molecule has 0 radical (unpaired) electrons. The van der Waals surface area contributed by atoms with Crippen LogP contribution in [0.1, 0.15) is 71.8 Å². The number of hydrogen-bond donors (Lipinski definition) is 0. The van der Waals surface area contributed by atoms with Gasteiger partial charge in [-0.1, -0.05) is 51.3 Å². The average Bonchev–Trinajstić information content (AvgIpc) is 2.67. The van der Waals surface area contributed by atoms with Gasteiger partial charge in [0.2, 0.25) is 0 Å². The molecule has 0 bridgehead atoms. The molecular weight excluding hydrogens is 338 g/mol. The Bertz CT molecular complexity index is 651. The first-order valence-corrected chi connectivity index (χ1v) is 11.6. The molecule has 1 saturated heterocycles. The first kappa shape index (κ1) is 19.8. The summed E-state index contributed by atoms with van der Waals surface area (Å²) in [7, 11) is -0.895. The summed E-state index contributed by atoms with van der Waals surface area (Å²) in [5.74, 6) is 0.905. The Morgan fingerprint density at radius 1 is 1.12 bits per heavy atom. The van der Waals surface area contributed by atoms with E-state index in [1.807, 2.05) is 26.0 Å². The molecule has 1 aliphatic heterocycles.